The molecular formula is C9H14N4O2. The first-order valence-corrected chi connectivity index (χ1v) is 5.14. The molecule has 0 radical (unpaired) electrons. The van der Waals surface area contributed by atoms with E-state index in [1.54, 1.807) is 4.57 Å². The Bertz CT molecular complexity index is 344. The lowest BCUT2D eigenvalue weighted by Gasteiger charge is -2.12. The van der Waals surface area contributed by atoms with E-state index in [2.05, 4.69) is 9.88 Å². The van der Waals surface area contributed by atoms with Crippen LogP contribution in [0.3, 0.4) is 0 Å². The van der Waals surface area contributed by atoms with E-state index in [-0.39, 0.29) is 5.82 Å². The Hall–Kier alpha value is -1.43. The zero-order valence-electron chi connectivity index (χ0n) is 8.50. The fraction of sp³-hybridized carbons (Fsp3) is 0.667. The van der Waals surface area contributed by atoms with Crippen LogP contribution in [-0.4, -0.2) is 39.0 Å². The fourth-order valence-corrected chi connectivity index (χ4v) is 1.89. The minimum absolute atomic E-state index is 0.0780. The van der Waals surface area contributed by atoms with E-state index >= 15 is 0 Å². The molecule has 2 rings (SSSR count). The maximum absolute atomic E-state index is 10.6. The summed E-state index contributed by atoms with van der Waals surface area (Å²) < 4.78 is 1.60. The Kier molecular flexibility index (Phi) is 2.96. The van der Waals surface area contributed by atoms with Crippen molar-refractivity contribution < 1.29 is 4.92 Å². The van der Waals surface area contributed by atoms with Crippen molar-refractivity contribution in [2.45, 2.75) is 19.4 Å². The van der Waals surface area contributed by atoms with E-state index in [1.807, 2.05) is 0 Å². The number of rotatable bonds is 4. The van der Waals surface area contributed by atoms with E-state index in [9.17, 15) is 10.1 Å². The molecule has 0 spiro atoms. The summed E-state index contributed by atoms with van der Waals surface area (Å²) in [5.74, 6) is 0.0780. The highest BCUT2D eigenvalue weighted by molar-refractivity contribution is 5.14. The lowest BCUT2D eigenvalue weighted by molar-refractivity contribution is -0.392. The second-order valence-corrected chi connectivity index (χ2v) is 3.75. The van der Waals surface area contributed by atoms with Crippen molar-refractivity contribution in [1.82, 2.24) is 14.5 Å². The Labute approximate surface area is 87.7 Å². The predicted octanol–water partition coefficient (Wildman–Crippen LogP) is 0.887. The van der Waals surface area contributed by atoms with Gasteiger partial charge in [-0.2, -0.15) is 0 Å². The third kappa shape index (κ3) is 2.33. The number of aromatic nitrogens is 2. The van der Waals surface area contributed by atoms with Crippen LogP contribution < -0.4 is 0 Å². The number of hydrogen-bond donors (Lipinski definition) is 0. The summed E-state index contributed by atoms with van der Waals surface area (Å²) in [6.45, 7) is 3.75. The molecule has 1 aliphatic rings. The van der Waals surface area contributed by atoms with Crippen molar-refractivity contribution in [2.24, 2.45) is 0 Å². The molecule has 1 aliphatic heterocycles. The average molecular weight is 210 g/mol. The van der Waals surface area contributed by atoms with Gasteiger partial charge in [-0.1, -0.05) is 0 Å². The van der Waals surface area contributed by atoms with E-state index < -0.39 is 4.92 Å². The third-order valence-corrected chi connectivity index (χ3v) is 2.73. The Morgan fingerprint density at radius 2 is 2.13 bits per heavy atom. The number of nitrogens with zero attached hydrogens (tertiary/aromatic N) is 4. The third-order valence-electron chi connectivity index (χ3n) is 2.73. The second kappa shape index (κ2) is 4.39. The van der Waals surface area contributed by atoms with Gasteiger partial charge in [-0.15, -0.1) is 0 Å². The van der Waals surface area contributed by atoms with Crippen molar-refractivity contribution in [2.75, 3.05) is 19.6 Å². The van der Waals surface area contributed by atoms with Crippen LogP contribution in [0.5, 0.6) is 0 Å². The van der Waals surface area contributed by atoms with E-state index in [1.165, 1.54) is 25.4 Å². The summed E-state index contributed by atoms with van der Waals surface area (Å²) in [7, 11) is 0. The van der Waals surface area contributed by atoms with Crippen molar-refractivity contribution in [3.63, 3.8) is 0 Å². The molecule has 0 unspecified atom stereocenters. The first kappa shape index (κ1) is 10.1. The molecule has 6 nitrogen and oxygen atoms in total. The van der Waals surface area contributed by atoms with Gasteiger partial charge in [-0.3, -0.25) is 4.90 Å². The van der Waals surface area contributed by atoms with E-state index in [4.69, 9.17) is 0 Å². The maximum atomic E-state index is 10.6. The molecule has 0 bridgehead atoms. The minimum Gasteiger partial charge on any atom is -0.358 e. The second-order valence-electron chi connectivity index (χ2n) is 3.75. The quantitative estimate of drug-likeness (QED) is 0.546. The molecule has 82 valence electrons. The van der Waals surface area contributed by atoms with Crippen LogP contribution in [0.1, 0.15) is 12.8 Å². The highest BCUT2D eigenvalue weighted by Gasteiger charge is 2.16. The van der Waals surface area contributed by atoms with Gasteiger partial charge in [0.25, 0.3) is 0 Å². The number of imidazole rings is 1. The summed E-state index contributed by atoms with van der Waals surface area (Å²) in [5, 5.41) is 10.6. The van der Waals surface area contributed by atoms with Crippen molar-refractivity contribution in [3.05, 3.63) is 22.6 Å². The molecule has 0 atom stereocenters. The van der Waals surface area contributed by atoms with Crippen molar-refractivity contribution in [1.29, 1.82) is 0 Å². The SMILES string of the molecule is O=[N+]([O-])c1cncn1CCN1CCCC1. The maximum Gasteiger partial charge on any atom is 0.342 e. The summed E-state index contributed by atoms with van der Waals surface area (Å²) in [6.07, 6.45) is 5.30. The fourth-order valence-electron chi connectivity index (χ4n) is 1.89. The first-order chi connectivity index (χ1) is 7.27. The monoisotopic (exact) mass is 210 g/mol. The van der Waals surface area contributed by atoms with Crippen LogP contribution in [0.25, 0.3) is 0 Å². The van der Waals surface area contributed by atoms with E-state index in [0.717, 1.165) is 19.6 Å². The summed E-state index contributed by atoms with van der Waals surface area (Å²) in [5.41, 5.74) is 0. The Morgan fingerprint density at radius 1 is 1.40 bits per heavy atom. The summed E-state index contributed by atoms with van der Waals surface area (Å²) >= 11 is 0. The smallest absolute Gasteiger partial charge is 0.342 e. The lowest BCUT2D eigenvalue weighted by Crippen LogP contribution is -2.24. The van der Waals surface area contributed by atoms with Crippen molar-refractivity contribution in [3.8, 4) is 0 Å². The topological polar surface area (TPSA) is 64.2 Å². The molecule has 1 aromatic heterocycles. The van der Waals surface area contributed by atoms with E-state index in [0.29, 0.717) is 6.54 Å². The van der Waals surface area contributed by atoms with Gasteiger partial charge in [0.15, 0.2) is 6.33 Å². The number of likely N-dealkylation sites (tertiary alicyclic amines) is 1. The summed E-state index contributed by atoms with van der Waals surface area (Å²) in [6, 6.07) is 0. The standard InChI is InChI=1S/C9H14N4O2/c14-13(15)9-7-10-8-12(9)6-5-11-3-1-2-4-11/h7-8H,1-6H2. The zero-order chi connectivity index (χ0) is 10.7. The minimum atomic E-state index is -0.392. The molecule has 6 heteroatoms. The van der Waals surface area contributed by atoms with Gasteiger partial charge < -0.3 is 10.1 Å². The van der Waals surface area contributed by atoms with Gasteiger partial charge >= 0.3 is 5.82 Å². The van der Waals surface area contributed by atoms with Crippen LogP contribution >= 0.6 is 0 Å². The number of nitro groups is 1. The van der Waals surface area contributed by atoms with Crippen LogP contribution in [0.2, 0.25) is 0 Å². The van der Waals surface area contributed by atoms with Crippen LogP contribution in [-0.2, 0) is 6.54 Å². The molecule has 0 saturated carbocycles. The van der Waals surface area contributed by atoms with Gasteiger partial charge in [-0.25, -0.2) is 9.55 Å². The van der Waals surface area contributed by atoms with Gasteiger partial charge in [0.05, 0.1) is 0 Å². The number of hydrogen-bond acceptors (Lipinski definition) is 4. The zero-order valence-corrected chi connectivity index (χ0v) is 8.50. The van der Waals surface area contributed by atoms with Gasteiger partial charge in [-0.05, 0) is 30.9 Å². The van der Waals surface area contributed by atoms with Gasteiger partial charge in [0, 0.05) is 6.54 Å². The van der Waals surface area contributed by atoms with Crippen LogP contribution in [0.4, 0.5) is 5.82 Å². The molecule has 0 amide bonds. The normalized spacial score (nSPS) is 17.1. The molecule has 1 aromatic rings. The average Bonchev–Trinajstić information content (AvgIpc) is 2.86. The van der Waals surface area contributed by atoms with Gasteiger partial charge in [0.2, 0.25) is 0 Å². The molecule has 0 N–H and O–H groups in total. The first-order valence-electron chi connectivity index (χ1n) is 5.14. The Morgan fingerprint density at radius 3 is 2.80 bits per heavy atom. The summed E-state index contributed by atoms with van der Waals surface area (Å²) in [4.78, 5) is 16.3. The molecule has 1 saturated heterocycles. The van der Waals surface area contributed by atoms with Crippen LogP contribution in [0, 0.1) is 10.1 Å². The molecular weight excluding hydrogens is 196 g/mol. The molecule has 2 heterocycles. The molecule has 1 fully saturated rings. The molecule has 0 aliphatic carbocycles. The Balaban J connectivity index is 1.92. The largest absolute Gasteiger partial charge is 0.358 e. The highest BCUT2D eigenvalue weighted by Crippen LogP contribution is 2.11. The molecule has 15 heavy (non-hydrogen) atoms. The lowest BCUT2D eigenvalue weighted by atomic mass is 10.4. The van der Waals surface area contributed by atoms with Crippen molar-refractivity contribution >= 4 is 5.82 Å². The highest BCUT2D eigenvalue weighted by atomic mass is 16.6. The molecule has 0 aromatic carbocycles. The van der Waals surface area contributed by atoms with Crippen LogP contribution in [0.15, 0.2) is 12.5 Å². The van der Waals surface area contributed by atoms with Gasteiger partial charge in [0.1, 0.15) is 12.7 Å². The predicted molar refractivity (Wildman–Crippen MR) is 54.6 cm³/mol.